The molecule has 0 aliphatic carbocycles. The van der Waals surface area contributed by atoms with E-state index in [1.165, 1.54) is 5.56 Å². The minimum Gasteiger partial charge on any atom is -0.396 e. The molecule has 2 rings (SSSR count). The first-order chi connectivity index (χ1) is 8.79. The molecule has 1 fully saturated rings. The molecule has 1 saturated heterocycles. The Labute approximate surface area is 106 Å². The Morgan fingerprint density at radius 2 is 2.22 bits per heavy atom. The van der Waals surface area contributed by atoms with Gasteiger partial charge in [0.05, 0.1) is 25.9 Å². The van der Waals surface area contributed by atoms with Gasteiger partial charge in [0.2, 0.25) is 5.91 Å². The third-order valence-corrected chi connectivity index (χ3v) is 3.13. The van der Waals surface area contributed by atoms with Gasteiger partial charge in [-0.2, -0.15) is 0 Å². The van der Waals surface area contributed by atoms with Gasteiger partial charge in [0.1, 0.15) is 0 Å². The lowest BCUT2D eigenvalue weighted by Gasteiger charge is -2.18. The van der Waals surface area contributed by atoms with Crippen LogP contribution in [0.2, 0.25) is 0 Å². The van der Waals surface area contributed by atoms with Crippen molar-refractivity contribution in [2.24, 2.45) is 5.92 Å². The van der Waals surface area contributed by atoms with Crippen LogP contribution in [0.15, 0.2) is 24.5 Å². The highest BCUT2D eigenvalue weighted by molar-refractivity contribution is 5.76. The van der Waals surface area contributed by atoms with Gasteiger partial charge in [0.25, 0.3) is 0 Å². The molecule has 2 heterocycles. The molecule has 1 amide bonds. The molecule has 1 aromatic heterocycles. The van der Waals surface area contributed by atoms with Crippen LogP contribution >= 0.6 is 0 Å². The van der Waals surface area contributed by atoms with Crippen molar-refractivity contribution in [1.82, 2.24) is 10.3 Å². The van der Waals surface area contributed by atoms with Crippen molar-refractivity contribution in [2.45, 2.75) is 18.9 Å². The van der Waals surface area contributed by atoms with Crippen molar-refractivity contribution in [2.75, 3.05) is 19.8 Å². The number of aromatic nitrogens is 1. The van der Waals surface area contributed by atoms with Crippen LogP contribution in [-0.2, 0) is 16.0 Å². The molecule has 2 N–H and O–H groups in total. The van der Waals surface area contributed by atoms with E-state index in [1.807, 2.05) is 12.1 Å². The second-order valence-electron chi connectivity index (χ2n) is 4.50. The van der Waals surface area contributed by atoms with Crippen LogP contribution in [-0.4, -0.2) is 41.9 Å². The molecule has 0 aromatic carbocycles. The van der Waals surface area contributed by atoms with Gasteiger partial charge in [-0.25, -0.2) is 0 Å². The molecule has 0 radical (unpaired) electrons. The smallest absolute Gasteiger partial charge is 0.222 e. The SMILES string of the molecule is O=C(CCO)N[C@H]1COC[C@H]1Cc1ccncc1. The van der Waals surface area contributed by atoms with Crippen LogP contribution in [0.4, 0.5) is 0 Å². The van der Waals surface area contributed by atoms with E-state index in [0.717, 1.165) is 6.42 Å². The van der Waals surface area contributed by atoms with E-state index in [9.17, 15) is 4.79 Å². The van der Waals surface area contributed by atoms with E-state index >= 15 is 0 Å². The Morgan fingerprint density at radius 3 is 2.94 bits per heavy atom. The summed E-state index contributed by atoms with van der Waals surface area (Å²) >= 11 is 0. The van der Waals surface area contributed by atoms with Gasteiger partial charge < -0.3 is 15.2 Å². The topological polar surface area (TPSA) is 71.5 Å². The number of pyridine rings is 1. The van der Waals surface area contributed by atoms with Crippen LogP contribution in [0, 0.1) is 5.92 Å². The summed E-state index contributed by atoms with van der Waals surface area (Å²) in [5.41, 5.74) is 1.20. The van der Waals surface area contributed by atoms with Crippen LogP contribution in [0.1, 0.15) is 12.0 Å². The number of amides is 1. The number of hydrogen-bond acceptors (Lipinski definition) is 4. The number of nitrogens with one attached hydrogen (secondary N) is 1. The molecule has 2 atom stereocenters. The fourth-order valence-corrected chi connectivity index (χ4v) is 2.16. The molecule has 0 spiro atoms. The number of ether oxygens (including phenoxy) is 1. The Morgan fingerprint density at radius 1 is 1.44 bits per heavy atom. The molecule has 1 aromatic rings. The minimum atomic E-state index is -0.118. The molecule has 0 saturated carbocycles. The zero-order chi connectivity index (χ0) is 12.8. The third kappa shape index (κ3) is 3.51. The lowest BCUT2D eigenvalue weighted by molar-refractivity contribution is -0.122. The van der Waals surface area contributed by atoms with Crippen molar-refractivity contribution >= 4 is 5.91 Å². The van der Waals surface area contributed by atoms with Crippen LogP contribution in [0.5, 0.6) is 0 Å². The Kier molecular flexibility index (Phi) is 4.66. The lowest BCUT2D eigenvalue weighted by Crippen LogP contribution is -2.40. The fraction of sp³-hybridized carbons (Fsp3) is 0.538. The number of aliphatic hydroxyl groups excluding tert-OH is 1. The van der Waals surface area contributed by atoms with E-state index in [4.69, 9.17) is 9.84 Å². The maximum atomic E-state index is 11.5. The summed E-state index contributed by atoms with van der Waals surface area (Å²) in [5.74, 6) is 0.169. The average molecular weight is 250 g/mol. The van der Waals surface area contributed by atoms with Gasteiger partial charge in [-0.3, -0.25) is 9.78 Å². The van der Waals surface area contributed by atoms with Gasteiger partial charge in [0.15, 0.2) is 0 Å². The van der Waals surface area contributed by atoms with Crippen LogP contribution in [0.3, 0.4) is 0 Å². The standard InChI is InChI=1S/C13H18N2O3/c16-6-3-13(17)15-12-9-18-8-11(12)7-10-1-4-14-5-2-10/h1-2,4-5,11-12,16H,3,6-9H2,(H,15,17)/t11-,12+/m1/s1. The maximum Gasteiger partial charge on any atom is 0.222 e. The highest BCUT2D eigenvalue weighted by Crippen LogP contribution is 2.18. The minimum absolute atomic E-state index is 0.0391. The predicted molar refractivity (Wildman–Crippen MR) is 65.9 cm³/mol. The number of hydrogen-bond donors (Lipinski definition) is 2. The van der Waals surface area contributed by atoms with Crippen molar-refractivity contribution in [3.8, 4) is 0 Å². The highest BCUT2D eigenvalue weighted by Gasteiger charge is 2.29. The number of aliphatic hydroxyl groups is 1. The van der Waals surface area contributed by atoms with Crippen molar-refractivity contribution in [3.05, 3.63) is 30.1 Å². The monoisotopic (exact) mass is 250 g/mol. The van der Waals surface area contributed by atoms with Gasteiger partial charge in [-0.05, 0) is 24.1 Å². The molecule has 5 heteroatoms. The summed E-state index contributed by atoms with van der Waals surface area (Å²) in [6.07, 6.45) is 4.56. The van der Waals surface area contributed by atoms with Crippen LogP contribution < -0.4 is 5.32 Å². The van der Waals surface area contributed by atoms with E-state index < -0.39 is 0 Å². The summed E-state index contributed by atoms with van der Waals surface area (Å²) in [5, 5.41) is 11.6. The van der Waals surface area contributed by atoms with Crippen molar-refractivity contribution < 1.29 is 14.6 Å². The van der Waals surface area contributed by atoms with E-state index in [0.29, 0.717) is 13.2 Å². The van der Waals surface area contributed by atoms with E-state index in [1.54, 1.807) is 12.4 Å². The van der Waals surface area contributed by atoms with Crippen molar-refractivity contribution in [1.29, 1.82) is 0 Å². The molecule has 0 bridgehead atoms. The first-order valence-electron chi connectivity index (χ1n) is 6.16. The quantitative estimate of drug-likeness (QED) is 0.779. The van der Waals surface area contributed by atoms with E-state index in [2.05, 4.69) is 10.3 Å². The second kappa shape index (κ2) is 6.47. The predicted octanol–water partition coefficient (Wildman–Crippen LogP) is 0.138. The summed E-state index contributed by atoms with van der Waals surface area (Å²) in [4.78, 5) is 15.4. The Hall–Kier alpha value is -1.46. The van der Waals surface area contributed by atoms with Crippen LogP contribution in [0.25, 0.3) is 0 Å². The summed E-state index contributed by atoms with van der Waals surface area (Å²) in [6.45, 7) is 1.09. The summed E-state index contributed by atoms with van der Waals surface area (Å²) in [6, 6.07) is 3.99. The first kappa shape index (κ1) is 13.0. The largest absolute Gasteiger partial charge is 0.396 e. The number of carbonyl (C=O) groups excluding carboxylic acids is 1. The summed E-state index contributed by atoms with van der Waals surface area (Å²) < 4.78 is 5.43. The number of carbonyl (C=O) groups is 1. The maximum absolute atomic E-state index is 11.5. The molecule has 98 valence electrons. The highest BCUT2D eigenvalue weighted by atomic mass is 16.5. The van der Waals surface area contributed by atoms with Gasteiger partial charge in [-0.1, -0.05) is 0 Å². The van der Waals surface area contributed by atoms with Crippen molar-refractivity contribution in [3.63, 3.8) is 0 Å². The molecule has 0 unspecified atom stereocenters. The zero-order valence-corrected chi connectivity index (χ0v) is 10.2. The lowest BCUT2D eigenvalue weighted by atomic mass is 9.95. The van der Waals surface area contributed by atoms with Gasteiger partial charge >= 0.3 is 0 Å². The zero-order valence-electron chi connectivity index (χ0n) is 10.2. The molecular weight excluding hydrogens is 232 g/mol. The molecule has 18 heavy (non-hydrogen) atoms. The summed E-state index contributed by atoms with van der Waals surface area (Å²) in [7, 11) is 0. The molecular formula is C13H18N2O3. The number of nitrogens with zero attached hydrogens (tertiary/aromatic N) is 1. The van der Waals surface area contributed by atoms with Gasteiger partial charge in [0, 0.05) is 24.7 Å². The second-order valence-corrected chi connectivity index (χ2v) is 4.50. The Bertz CT molecular complexity index is 383. The van der Waals surface area contributed by atoms with Gasteiger partial charge in [-0.15, -0.1) is 0 Å². The molecule has 1 aliphatic heterocycles. The normalized spacial score (nSPS) is 22.9. The Balaban J connectivity index is 1.89. The number of rotatable bonds is 5. The molecule has 5 nitrogen and oxygen atoms in total. The fourth-order valence-electron chi connectivity index (χ4n) is 2.16. The van der Waals surface area contributed by atoms with E-state index in [-0.39, 0.29) is 30.9 Å². The molecule has 1 aliphatic rings. The first-order valence-corrected chi connectivity index (χ1v) is 6.16. The third-order valence-electron chi connectivity index (χ3n) is 3.13. The average Bonchev–Trinajstić information content (AvgIpc) is 2.78.